The van der Waals surface area contributed by atoms with Gasteiger partial charge in [-0.15, -0.1) is 0 Å². The van der Waals surface area contributed by atoms with Crippen LogP contribution in [0.15, 0.2) is 34.2 Å². The molecular formula is C11H13N3O4S2. The van der Waals surface area contributed by atoms with Gasteiger partial charge in [-0.25, -0.2) is 16.8 Å². The van der Waals surface area contributed by atoms with Crippen LogP contribution in [-0.2, 0) is 19.7 Å². The van der Waals surface area contributed by atoms with Crippen LogP contribution in [-0.4, -0.2) is 39.5 Å². The lowest BCUT2D eigenvalue weighted by Crippen LogP contribution is -2.07. The average Bonchev–Trinajstić information content (AvgIpc) is 2.72. The molecular weight excluding hydrogens is 302 g/mol. The SMILES string of the molecule is CS(=O)(=O)c1ccc(-c2cn[nH]c2N)cc1S(C)(=O)=O. The Morgan fingerprint density at radius 3 is 2.10 bits per heavy atom. The van der Waals surface area contributed by atoms with E-state index in [2.05, 4.69) is 10.2 Å². The van der Waals surface area contributed by atoms with Crippen molar-refractivity contribution in [2.75, 3.05) is 18.2 Å². The van der Waals surface area contributed by atoms with Crippen molar-refractivity contribution in [1.29, 1.82) is 0 Å². The fourth-order valence-electron chi connectivity index (χ4n) is 1.80. The molecule has 0 unspecified atom stereocenters. The van der Waals surface area contributed by atoms with Crippen LogP contribution in [0.3, 0.4) is 0 Å². The molecule has 1 aromatic heterocycles. The van der Waals surface area contributed by atoms with Gasteiger partial charge in [0, 0.05) is 18.1 Å². The summed E-state index contributed by atoms with van der Waals surface area (Å²) < 4.78 is 46.9. The zero-order valence-electron chi connectivity index (χ0n) is 10.8. The number of aromatic nitrogens is 2. The van der Waals surface area contributed by atoms with E-state index in [0.717, 1.165) is 12.5 Å². The van der Waals surface area contributed by atoms with Crippen molar-refractivity contribution in [3.8, 4) is 11.1 Å². The van der Waals surface area contributed by atoms with Crippen molar-refractivity contribution in [3.63, 3.8) is 0 Å². The third-order valence-electron chi connectivity index (χ3n) is 2.72. The van der Waals surface area contributed by atoms with E-state index in [1.54, 1.807) is 0 Å². The highest BCUT2D eigenvalue weighted by Crippen LogP contribution is 2.30. The van der Waals surface area contributed by atoms with Gasteiger partial charge >= 0.3 is 0 Å². The maximum Gasteiger partial charge on any atom is 0.176 e. The van der Waals surface area contributed by atoms with E-state index in [4.69, 9.17) is 5.73 Å². The highest BCUT2D eigenvalue weighted by molar-refractivity contribution is 7.93. The van der Waals surface area contributed by atoms with Gasteiger partial charge in [0.2, 0.25) is 0 Å². The van der Waals surface area contributed by atoms with Crippen molar-refractivity contribution in [1.82, 2.24) is 10.2 Å². The number of anilines is 1. The predicted octanol–water partition coefficient (Wildman–Crippen LogP) is 0.466. The maximum atomic E-state index is 11.8. The second-order valence-electron chi connectivity index (χ2n) is 4.40. The molecule has 1 heterocycles. The van der Waals surface area contributed by atoms with Gasteiger partial charge in [0.15, 0.2) is 19.7 Å². The summed E-state index contributed by atoms with van der Waals surface area (Å²) in [5.41, 5.74) is 6.66. The van der Waals surface area contributed by atoms with Gasteiger partial charge in [0.25, 0.3) is 0 Å². The van der Waals surface area contributed by atoms with Crippen LogP contribution in [0.5, 0.6) is 0 Å². The number of aromatic amines is 1. The Bertz CT molecular complexity index is 867. The molecule has 0 saturated carbocycles. The number of nitrogens with one attached hydrogen (secondary N) is 1. The number of rotatable bonds is 3. The highest BCUT2D eigenvalue weighted by Gasteiger charge is 2.21. The van der Waals surface area contributed by atoms with Crippen molar-refractivity contribution in [2.45, 2.75) is 9.79 Å². The number of hydrogen-bond donors (Lipinski definition) is 2. The zero-order valence-corrected chi connectivity index (χ0v) is 12.4. The fraction of sp³-hybridized carbons (Fsp3) is 0.182. The molecule has 108 valence electrons. The molecule has 0 aliphatic carbocycles. The summed E-state index contributed by atoms with van der Waals surface area (Å²) in [6.07, 6.45) is 3.36. The molecule has 0 atom stereocenters. The minimum Gasteiger partial charge on any atom is -0.384 e. The van der Waals surface area contributed by atoms with E-state index in [9.17, 15) is 16.8 Å². The number of sulfone groups is 2. The Labute approximate surface area is 116 Å². The Morgan fingerprint density at radius 1 is 1.05 bits per heavy atom. The number of benzene rings is 1. The number of hydrogen-bond acceptors (Lipinski definition) is 6. The molecule has 2 rings (SSSR count). The van der Waals surface area contributed by atoms with E-state index < -0.39 is 19.7 Å². The van der Waals surface area contributed by atoms with E-state index in [1.165, 1.54) is 24.4 Å². The second-order valence-corrected chi connectivity index (χ2v) is 8.37. The van der Waals surface area contributed by atoms with Gasteiger partial charge in [-0.2, -0.15) is 5.10 Å². The number of nitrogen functional groups attached to an aromatic ring is 1. The molecule has 0 spiro atoms. The van der Waals surface area contributed by atoms with Crippen LogP contribution in [0.4, 0.5) is 5.82 Å². The summed E-state index contributed by atoms with van der Waals surface area (Å²) in [6.45, 7) is 0. The normalized spacial score (nSPS) is 12.5. The Balaban J connectivity index is 2.78. The molecule has 7 nitrogen and oxygen atoms in total. The summed E-state index contributed by atoms with van der Waals surface area (Å²) in [5, 5.41) is 6.27. The number of H-pyrrole nitrogens is 1. The van der Waals surface area contributed by atoms with Crippen molar-refractivity contribution >= 4 is 25.5 Å². The van der Waals surface area contributed by atoms with Gasteiger partial charge in [-0.3, -0.25) is 5.10 Å². The number of nitrogens with zero attached hydrogens (tertiary/aromatic N) is 1. The molecule has 1 aromatic carbocycles. The van der Waals surface area contributed by atoms with Gasteiger partial charge in [-0.05, 0) is 17.7 Å². The fourth-order valence-corrected chi connectivity index (χ4v) is 4.22. The maximum absolute atomic E-state index is 11.8. The van der Waals surface area contributed by atoms with Crippen LogP contribution >= 0.6 is 0 Å². The lowest BCUT2D eigenvalue weighted by molar-refractivity contribution is 0.589. The lowest BCUT2D eigenvalue weighted by Gasteiger charge is -2.08. The van der Waals surface area contributed by atoms with E-state index >= 15 is 0 Å². The van der Waals surface area contributed by atoms with Gasteiger partial charge in [0.05, 0.1) is 16.0 Å². The summed E-state index contributed by atoms with van der Waals surface area (Å²) >= 11 is 0. The summed E-state index contributed by atoms with van der Waals surface area (Å²) in [7, 11) is -7.34. The Hall–Kier alpha value is -1.87. The molecule has 0 fully saturated rings. The topological polar surface area (TPSA) is 123 Å². The third-order valence-corrected chi connectivity index (χ3v) is 5.14. The minimum absolute atomic E-state index is 0.231. The average molecular weight is 315 g/mol. The molecule has 3 N–H and O–H groups in total. The largest absolute Gasteiger partial charge is 0.384 e. The van der Waals surface area contributed by atoms with E-state index in [0.29, 0.717) is 11.1 Å². The summed E-state index contributed by atoms with van der Waals surface area (Å²) in [6, 6.07) is 4.03. The lowest BCUT2D eigenvalue weighted by atomic mass is 10.1. The quantitative estimate of drug-likeness (QED) is 0.848. The second kappa shape index (κ2) is 4.60. The highest BCUT2D eigenvalue weighted by atomic mass is 32.2. The van der Waals surface area contributed by atoms with Crippen LogP contribution in [0.25, 0.3) is 11.1 Å². The molecule has 20 heavy (non-hydrogen) atoms. The van der Waals surface area contributed by atoms with Crippen molar-refractivity contribution in [3.05, 3.63) is 24.4 Å². The van der Waals surface area contributed by atoms with Crippen molar-refractivity contribution in [2.24, 2.45) is 0 Å². The van der Waals surface area contributed by atoms with Crippen LogP contribution in [0, 0.1) is 0 Å². The number of nitrogens with two attached hydrogens (primary N) is 1. The smallest absolute Gasteiger partial charge is 0.176 e. The molecule has 0 bridgehead atoms. The molecule has 0 radical (unpaired) electrons. The Kier molecular flexibility index (Phi) is 3.34. The first kappa shape index (κ1) is 14.5. The minimum atomic E-state index is -3.69. The van der Waals surface area contributed by atoms with Crippen LogP contribution < -0.4 is 5.73 Å². The zero-order chi connectivity index (χ0) is 15.1. The monoisotopic (exact) mass is 315 g/mol. The van der Waals surface area contributed by atoms with Crippen LogP contribution in [0.1, 0.15) is 0 Å². The molecule has 9 heteroatoms. The van der Waals surface area contributed by atoms with Crippen LogP contribution in [0.2, 0.25) is 0 Å². The molecule has 0 amide bonds. The molecule has 0 aliphatic heterocycles. The molecule has 2 aromatic rings. The first-order valence-electron chi connectivity index (χ1n) is 5.44. The summed E-state index contributed by atoms with van der Waals surface area (Å²) in [4.78, 5) is -0.482. The molecule has 0 aliphatic rings. The van der Waals surface area contributed by atoms with Gasteiger partial charge in [0.1, 0.15) is 5.82 Å². The third kappa shape index (κ3) is 2.68. The van der Waals surface area contributed by atoms with Gasteiger partial charge < -0.3 is 5.73 Å². The standard InChI is InChI=1S/C11H13N3O4S2/c1-19(15,16)9-4-3-7(5-10(9)20(2,17)18)8-6-13-14-11(8)12/h3-6H,1-2H3,(H3,12,13,14). The van der Waals surface area contributed by atoms with Crippen molar-refractivity contribution < 1.29 is 16.8 Å². The predicted molar refractivity (Wildman–Crippen MR) is 74.7 cm³/mol. The first-order valence-corrected chi connectivity index (χ1v) is 9.22. The van der Waals surface area contributed by atoms with E-state index in [-0.39, 0.29) is 15.6 Å². The first-order chi connectivity index (χ1) is 9.10. The summed E-state index contributed by atoms with van der Waals surface area (Å²) in [5.74, 6) is 0.275. The van der Waals surface area contributed by atoms with E-state index in [1.807, 2.05) is 0 Å². The molecule has 0 saturated heterocycles. The van der Waals surface area contributed by atoms with Gasteiger partial charge in [-0.1, -0.05) is 6.07 Å². The Morgan fingerprint density at radius 2 is 1.65 bits per heavy atom.